The predicted molar refractivity (Wildman–Crippen MR) is 76.8 cm³/mol. The first-order valence-corrected chi connectivity index (χ1v) is 5.99. The summed E-state index contributed by atoms with van der Waals surface area (Å²) in [6.45, 7) is 0. The summed E-state index contributed by atoms with van der Waals surface area (Å²) in [5.41, 5.74) is 11.4. The summed E-state index contributed by atoms with van der Waals surface area (Å²) >= 11 is 0. The maximum absolute atomic E-state index is 9.25. The van der Waals surface area contributed by atoms with E-state index in [0.29, 0.717) is 11.3 Å². The molecule has 3 aromatic rings. The van der Waals surface area contributed by atoms with Crippen LogP contribution in [0.4, 0.5) is 5.69 Å². The Morgan fingerprint density at radius 3 is 2.65 bits per heavy atom. The number of nitrogens with zero attached hydrogens (tertiary/aromatic N) is 5. The number of nitriles is 1. The maximum Gasteiger partial charge on any atom is 0.101 e. The fourth-order valence-corrected chi connectivity index (χ4v) is 2.22. The van der Waals surface area contributed by atoms with Crippen LogP contribution < -0.4 is 0 Å². The van der Waals surface area contributed by atoms with Gasteiger partial charge in [-0.15, -0.1) is 0 Å². The molecule has 5 heteroatoms. The number of aromatic nitrogens is 1. The zero-order valence-electron chi connectivity index (χ0n) is 10.4. The summed E-state index contributed by atoms with van der Waals surface area (Å²) < 4.78 is 1.95. The number of hydrogen-bond donors (Lipinski definition) is 0. The Balaban J connectivity index is 2.31. The lowest BCUT2D eigenvalue weighted by Crippen LogP contribution is -1.90. The van der Waals surface area contributed by atoms with Crippen LogP contribution in [0.5, 0.6) is 0 Å². The van der Waals surface area contributed by atoms with Crippen molar-refractivity contribution < 1.29 is 0 Å². The highest BCUT2D eigenvalue weighted by Crippen LogP contribution is 2.28. The predicted octanol–water partition coefficient (Wildman–Crippen LogP) is 4.44. The van der Waals surface area contributed by atoms with E-state index >= 15 is 0 Å². The molecule has 0 saturated heterocycles. The summed E-state index contributed by atoms with van der Waals surface area (Å²) in [6, 6.07) is 17.3. The van der Waals surface area contributed by atoms with E-state index in [4.69, 9.17) is 5.53 Å². The molecule has 0 spiro atoms. The zero-order valence-corrected chi connectivity index (χ0v) is 10.4. The fourth-order valence-electron chi connectivity index (χ4n) is 2.22. The van der Waals surface area contributed by atoms with Gasteiger partial charge in [0.15, 0.2) is 0 Å². The minimum absolute atomic E-state index is 0.502. The Morgan fingerprint density at radius 1 is 1.15 bits per heavy atom. The van der Waals surface area contributed by atoms with Gasteiger partial charge in [0.05, 0.1) is 11.1 Å². The Labute approximate surface area is 114 Å². The number of fused-ring (bicyclic) bond motifs is 1. The molecule has 0 fully saturated rings. The number of para-hydroxylation sites is 1. The van der Waals surface area contributed by atoms with E-state index in [2.05, 4.69) is 16.1 Å². The number of azide groups is 1. The molecule has 0 atom stereocenters. The van der Waals surface area contributed by atoms with Crippen molar-refractivity contribution >= 4 is 16.6 Å². The molecule has 0 aliphatic rings. The lowest BCUT2D eigenvalue weighted by Gasteiger charge is -2.04. The average molecular weight is 259 g/mol. The molecule has 2 aromatic carbocycles. The molecule has 0 aliphatic heterocycles. The molecule has 1 aromatic heterocycles. The second kappa shape index (κ2) is 4.81. The molecule has 1 heterocycles. The van der Waals surface area contributed by atoms with E-state index in [1.54, 1.807) is 18.3 Å². The Hall–Kier alpha value is -3.22. The van der Waals surface area contributed by atoms with E-state index in [9.17, 15) is 5.26 Å². The first kappa shape index (κ1) is 11.8. The third kappa shape index (κ3) is 1.87. The summed E-state index contributed by atoms with van der Waals surface area (Å²) in [5.74, 6) is 0. The molecule has 0 radical (unpaired) electrons. The van der Waals surface area contributed by atoms with E-state index in [-0.39, 0.29) is 0 Å². The molecule has 0 amide bonds. The van der Waals surface area contributed by atoms with Crippen LogP contribution in [0.1, 0.15) is 5.56 Å². The van der Waals surface area contributed by atoms with Crippen LogP contribution in [-0.4, -0.2) is 4.57 Å². The maximum atomic E-state index is 9.25. The largest absolute Gasteiger partial charge is 0.315 e. The van der Waals surface area contributed by atoms with Gasteiger partial charge < -0.3 is 4.57 Å². The summed E-state index contributed by atoms with van der Waals surface area (Å²) in [7, 11) is 0. The van der Waals surface area contributed by atoms with Crippen LogP contribution in [-0.2, 0) is 0 Å². The van der Waals surface area contributed by atoms with E-state index in [0.717, 1.165) is 16.6 Å². The van der Waals surface area contributed by atoms with Crippen molar-refractivity contribution in [3.8, 4) is 11.8 Å². The van der Waals surface area contributed by atoms with Crippen LogP contribution in [0.2, 0.25) is 0 Å². The molecule has 0 saturated carbocycles. The normalized spacial score (nSPS) is 9.95. The summed E-state index contributed by atoms with van der Waals surface area (Å²) in [5, 5.41) is 13.6. The topological polar surface area (TPSA) is 77.5 Å². The van der Waals surface area contributed by atoms with Crippen molar-refractivity contribution in [3.05, 3.63) is 70.7 Å². The second-order valence-corrected chi connectivity index (χ2v) is 4.25. The molecule has 0 bridgehead atoms. The molecule has 0 unspecified atom stereocenters. The molecular formula is C15H9N5. The lowest BCUT2D eigenvalue weighted by atomic mass is 10.2. The first-order valence-electron chi connectivity index (χ1n) is 5.99. The number of hydrogen-bond acceptors (Lipinski definition) is 2. The monoisotopic (exact) mass is 259 g/mol. The van der Waals surface area contributed by atoms with Crippen molar-refractivity contribution in [1.29, 1.82) is 5.26 Å². The number of rotatable bonds is 2. The third-order valence-corrected chi connectivity index (χ3v) is 3.10. The lowest BCUT2D eigenvalue weighted by molar-refractivity contribution is 1.12. The van der Waals surface area contributed by atoms with Crippen molar-refractivity contribution in [2.45, 2.75) is 0 Å². The quantitative estimate of drug-likeness (QED) is 0.380. The Morgan fingerprint density at radius 2 is 1.95 bits per heavy atom. The SMILES string of the molecule is N#Cc1cn(-c2ccccc2)c2ccc(N=[N+]=[N-])cc12. The highest BCUT2D eigenvalue weighted by molar-refractivity contribution is 5.90. The van der Waals surface area contributed by atoms with Crippen molar-refractivity contribution in [2.24, 2.45) is 5.11 Å². The van der Waals surface area contributed by atoms with Crippen LogP contribution in [0.15, 0.2) is 59.8 Å². The third-order valence-electron chi connectivity index (χ3n) is 3.10. The van der Waals surface area contributed by atoms with Crippen molar-refractivity contribution in [1.82, 2.24) is 4.57 Å². The van der Waals surface area contributed by atoms with E-state index in [1.807, 2.05) is 41.0 Å². The molecule has 20 heavy (non-hydrogen) atoms. The van der Waals surface area contributed by atoms with Gasteiger partial charge in [-0.2, -0.15) is 5.26 Å². The smallest absolute Gasteiger partial charge is 0.101 e. The van der Waals surface area contributed by atoms with Crippen LogP contribution in [0, 0.1) is 11.3 Å². The van der Waals surface area contributed by atoms with Crippen LogP contribution in [0.25, 0.3) is 27.0 Å². The molecule has 94 valence electrons. The standard InChI is InChI=1S/C15H9N5/c16-9-11-10-20(13-4-2-1-3-5-13)15-7-6-12(18-19-17)8-14(11)15/h1-8,10H. The van der Waals surface area contributed by atoms with Gasteiger partial charge in [-0.05, 0) is 29.8 Å². The van der Waals surface area contributed by atoms with Gasteiger partial charge in [-0.25, -0.2) is 0 Å². The van der Waals surface area contributed by atoms with E-state index < -0.39 is 0 Å². The zero-order chi connectivity index (χ0) is 13.9. The molecule has 0 N–H and O–H groups in total. The Kier molecular flexibility index (Phi) is 2.85. The molecule has 5 nitrogen and oxygen atoms in total. The van der Waals surface area contributed by atoms with Crippen LogP contribution >= 0.6 is 0 Å². The van der Waals surface area contributed by atoms with Gasteiger partial charge in [-0.3, -0.25) is 0 Å². The minimum atomic E-state index is 0.502. The van der Waals surface area contributed by atoms with Gasteiger partial charge in [0.25, 0.3) is 0 Å². The second-order valence-electron chi connectivity index (χ2n) is 4.25. The minimum Gasteiger partial charge on any atom is -0.315 e. The van der Waals surface area contributed by atoms with Gasteiger partial charge in [0.1, 0.15) is 6.07 Å². The Bertz CT molecular complexity index is 864. The average Bonchev–Trinajstić information content (AvgIpc) is 2.86. The highest BCUT2D eigenvalue weighted by Gasteiger charge is 2.09. The fraction of sp³-hybridized carbons (Fsp3) is 0. The van der Waals surface area contributed by atoms with Gasteiger partial charge in [0, 0.05) is 27.9 Å². The van der Waals surface area contributed by atoms with Crippen molar-refractivity contribution in [2.75, 3.05) is 0 Å². The van der Waals surface area contributed by atoms with Crippen molar-refractivity contribution in [3.63, 3.8) is 0 Å². The molecule has 3 rings (SSSR count). The van der Waals surface area contributed by atoms with Gasteiger partial charge >= 0.3 is 0 Å². The molecule has 0 aliphatic carbocycles. The van der Waals surface area contributed by atoms with Crippen LogP contribution in [0.3, 0.4) is 0 Å². The number of benzene rings is 2. The summed E-state index contributed by atoms with van der Waals surface area (Å²) in [4.78, 5) is 2.77. The molecular weight excluding hydrogens is 250 g/mol. The highest BCUT2D eigenvalue weighted by atomic mass is 15.1. The first-order chi connectivity index (χ1) is 9.83. The van der Waals surface area contributed by atoms with Gasteiger partial charge in [-0.1, -0.05) is 29.4 Å². The summed E-state index contributed by atoms with van der Waals surface area (Å²) in [6.07, 6.45) is 1.79. The van der Waals surface area contributed by atoms with Gasteiger partial charge in [0.2, 0.25) is 0 Å². The van der Waals surface area contributed by atoms with E-state index in [1.165, 1.54) is 0 Å².